The number of hydrogen-bond donors (Lipinski definition) is 0. The van der Waals surface area contributed by atoms with Gasteiger partial charge in [-0.3, -0.25) is 0 Å². The number of benzene rings is 2. The van der Waals surface area contributed by atoms with Crippen molar-refractivity contribution in [1.82, 2.24) is 0 Å². The molecule has 250 valence electrons. The lowest BCUT2D eigenvalue weighted by Crippen LogP contribution is -2.74. The van der Waals surface area contributed by atoms with E-state index in [2.05, 4.69) is 0 Å². The van der Waals surface area contributed by atoms with Crippen LogP contribution in [0, 0.1) is 0 Å². The Hall–Kier alpha value is -2.56. The summed E-state index contributed by atoms with van der Waals surface area (Å²) in [5, 5.41) is 0. The van der Waals surface area contributed by atoms with Crippen LogP contribution in [-0.2, 0) is 22.9 Å². The lowest BCUT2D eigenvalue weighted by molar-refractivity contribution is -0.462. The molecule has 4 nitrogen and oxygen atoms in total. The second-order valence-corrected chi connectivity index (χ2v) is 15.0. The minimum atomic E-state index is -8.74. The zero-order chi connectivity index (χ0) is 35.0. The van der Waals surface area contributed by atoms with Crippen LogP contribution in [0.1, 0.15) is 5.56 Å². The Balaban J connectivity index is 2.55. The first-order valence-electron chi connectivity index (χ1n) is 10.3. The van der Waals surface area contributed by atoms with Crippen molar-refractivity contribution in [2.24, 2.45) is 0 Å². The van der Waals surface area contributed by atoms with E-state index in [-0.39, 0.29) is 17.7 Å². The average molecular weight is 735 g/mol. The molecule has 0 saturated carbocycles. The van der Waals surface area contributed by atoms with E-state index in [1.807, 2.05) is 0 Å². The summed E-state index contributed by atoms with van der Waals surface area (Å²) in [5.74, 6) is -57.4. The summed E-state index contributed by atoms with van der Waals surface area (Å²) < 4.78 is 275. The standard InChI is InChI=1S/C20H8ClF17O4S2/c21-44(41,42)43(39,40)12-7-3-10(4-8-12)9-1-5-11(6-2-9)13(22,23)14(24,25)15(26,27)16(28,29)17(30,31)18(32,33)19(34,35)20(36,37)38/h1-8H. The van der Waals surface area contributed by atoms with Crippen LogP contribution in [-0.4, -0.2) is 58.5 Å². The Morgan fingerprint density at radius 2 is 0.727 bits per heavy atom. The van der Waals surface area contributed by atoms with Crippen LogP contribution in [0.4, 0.5) is 74.6 Å². The van der Waals surface area contributed by atoms with Crippen molar-refractivity contribution in [3.05, 3.63) is 54.1 Å². The van der Waals surface area contributed by atoms with E-state index < -0.39 is 80.6 Å². The van der Waals surface area contributed by atoms with E-state index in [1.54, 1.807) is 0 Å². The van der Waals surface area contributed by atoms with Gasteiger partial charge in [-0.2, -0.15) is 83.1 Å². The first kappa shape index (κ1) is 37.6. The van der Waals surface area contributed by atoms with E-state index in [0.717, 1.165) is 12.1 Å². The van der Waals surface area contributed by atoms with Gasteiger partial charge in [0.25, 0.3) is 8.87 Å². The number of rotatable bonds is 10. The molecule has 2 aromatic carbocycles. The average Bonchev–Trinajstić information content (AvgIpc) is 2.86. The molecule has 0 atom stereocenters. The predicted octanol–water partition coefficient (Wildman–Crippen LogP) is 8.08. The van der Waals surface area contributed by atoms with E-state index in [1.165, 1.54) is 0 Å². The molecule has 0 fully saturated rings. The van der Waals surface area contributed by atoms with Crippen LogP contribution in [0.15, 0.2) is 53.4 Å². The number of alkyl halides is 17. The van der Waals surface area contributed by atoms with Crippen molar-refractivity contribution < 1.29 is 91.5 Å². The van der Waals surface area contributed by atoms with Gasteiger partial charge >= 0.3 is 55.7 Å². The fourth-order valence-electron chi connectivity index (χ4n) is 3.15. The highest BCUT2D eigenvalue weighted by molar-refractivity contribution is 8.75. The van der Waals surface area contributed by atoms with Crippen molar-refractivity contribution in [3.8, 4) is 11.1 Å². The van der Waals surface area contributed by atoms with Gasteiger partial charge in [0.05, 0.1) is 4.90 Å². The second-order valence-electron chi connectivity index (χ2n) is 8.47. The van der Waals surface area contributed by atoms with Crippen molar-refractivity contribution >= 4 is 27.6 Å². The molecule has 44 heavy (non-hydrogen) atoms. The van der Waals surface area contributed by atoms with E-state index in [9.17, 15) is 91.5 Å². The zero-order valence-electron chi connectivity index (χ0n) is 19.9. The highest BCUT2D eigenvalue weighted by atomic mass is 35.8. The quantitative estimate of drug-likeness (QED) is 0.141. The lowest BCUT2D eigenvalue weighted by Gasteiger charge is -2.42. The molecule has 2 aromatic rings. The van der Waals surface area contributed by atoms with Crippen LogP contribution in [0.2, 0.25) is 0 Å². The molecule has 0 unspecified atom stereocenters. The van der Waals surface area contributed by atoms with Crippen LogP contribution in [0.5, 0.6) is 0 Å². The molecule has 0 radical (unpaired) electrons. The monoisotopic (exact) mass is 734 g/mol. The third-order valence-corrected chi connectivity index (χ3v) is 10.7. The Morgan fingerprint density at radius 3 is 1.05 bits per heavy atom. The first-order valence-corrected chi connectivity index (χ1v) is 14.6. The summed E-state index contributed by atoms with van der Waals surface area (Å²) in [5.41, 5.74) is -3.12. The summed E-state index contributed by atoms with van der Waals surface area (Å²) >= 11 is 0. The highest BCUT2D eigenvalue weighted by Crippen LogP contribution is 2.65. The van der Waals surface area contributed by atoms with Crippen LogP contribution >= 0.6 is 10.7 Å². The molecule has 0 aliphatic heterocycles. The smallest absolute Gasteiger partial charge is 0.206 e. The SMILES string of the molecule is O=S(=O)(Cl)S(=O)(=O)c1ccc(-c2ccc(C(F)(F)C(F)(F)C(F)(F)C(F)(F)C(F)(F)C(F)(F)C(F)(F)C(F)(F)F)cc2)cc1. The van der Waals surface area contributed by atoms with Crippen LogP contribution < -0.4 is 0 Å². The fourth-order valence-corrected chi connectivity index (χ4v) is 5.52. The van der Waals surface area contributed by atoms with Gasteiger partial charge in [0.15, 0.2) is 0 Å². The maximum Gasteiger partial charge on any atom is 0.460 e. The maximum atomic E-state index is 14.4. The molecule has 0 aromatic heterocycles. The number of hydrogen-bond acceptors (Lipinski definition) is 4. The summed E-state index contributed by atoms with van der Waals surface area (Å²) in [7, 11) is -5.62. The van der Waals surface area contributed by atoms with Crippen molar-refractivity contribution in [1.29, 1.82) is 0 Å². The Kier molecular flexibility index (Phi) is 8.97. The van der Waals surface area contributed by atoms with Gasteiger partial charge in [-0.1, -0.05) is 36.4 Å². The molecule has 0 N–H and O–H groups in total. The third kappa shape index (κ3) is 5.24. The Labute approximate surface area is 237 Å². The van der Waals surface area contributed by atoms with E-state index >= 15 is 0 Å². The molecule has 0 amide bonds. The number of halogens is 18. The fraction of sp³-hybridized carbons (Fsp3) is 0.400. The topological polar surface area (TPSA) is 68.3 Å². The van der Waals surface area contributed by atoms with Gasteiger partial charge in [-0.25, -0.2) is 8.42 Å². The minimum absolute atomic E-state index is 0.254. The Morgan fingerprint density at radius 1 is 0.432 bits per heavy atom. The Bertz CT molecular complexity index is 1600. The minimum Gasteiger partial charge on any atom is -0.206 e. The molecular formula is C20H8ClF17O4S2. The molecular weight excluding hydrogens is 727 g/mol. The van der Waals surface area contributed by atoms with Crippen LogP contribution in [0.25, 0.3) is 11.1 Å². The lowest BCUT2D eigenvalue weighted by atomic mass is 9.87. The van der Waals surface area contributed by atoms with Gasteiger partial charge in [-0.15, -0.1) is 0 Å². The van der Waals surface area contributed by atoms with Gasteiger partial charge < -0.3 is 0 Å². The molecule has 2 rings (SSSR count). The van der Waals surface area contributed by atoms with E-state index in [0.29, 0.717) is 24.3 Å². The second kappa shape index (κ2) is 10.5. The largest absolute Gasteiger partial charge is 0.460 e. The zero-order valence-corrected chi connectivity index (χ0v) is 22.3. The highest BCUT2D eigenvalue weighted by Gasteiger charge is 2.95. The molecule has 0 aliphatic carbocycles. The van der Waals surface area contributed by atoms with Gasteiger partial charge in [0.1, 0.15) is 0 Å². The van der Waals surface area contributed by atoms with Crippen LogP contribution in [0.3, 0.4) is 0 Å². The summed E-state index contributed by atoms with van der Waals surface area (Å²) in [6.45, 7) is 0. The third-order valence-electron chi connectivity index (χ3n) is 5.71. The summed E-state index contributed by atoms with van der Waals surface area (Å²) in [6.07, 6.45) is -7.85. The summed E-state index contributed by atoms with van der Waals surface area (Å²) in [6, 6.07) is 2.76. The molecule has 0 spiro atoms. The normalized spacial score (nSPS) is 15.4. The maximum absolute atomic E-state index is 14.4. The molecule has 0 aliphatic rings. The van der Waals surface area contributed by atoms with Gasteiger partial charge in [-0.05, 0) is 23.3 Å². The first-order chi connectivity index (χ1) is 19.2. The molecule has 0 saturated heterocycles. The van der Waals surface area contributed by atoms with Gasteiger partial charge in [0, 0.05) is 16.2 Å². The molecule has 24 heteroatoms. The van der Waals surface area contributed by atoms with Gasteiger partial charge in [0.2, 0.25) is 0 Å². The predicted molar refractivity (Wildman–Crippen MR) is 113 cm³/mol. The van der Waals surface area contributed by atoms with E-state index in [4.69, 9.17) is 10.7 Å². The van der Waals surface area contributed by atoms with Crippen molar-refractivity contribution in [2.75, 3.05) is 0 Å². The molecule has 0 heterocycles. The van der Waals surface area contributed by atoms with Crippen molar-refractivity contribution in [2.45, 2.75) is 52.5 Å². The van der Waals surface area contributed by atoms with Crippen molar-refractivity contribution in [3.63, 3.8) is 0 Å². The summed E-state index contributed by atoms with van der Waals surface area (Å²) in [4.78, 5) is -0.947. The molecule has 0 bridgehead atoms.